The summed E-state index contributed by atoms with van der Waals surface area (Å²) in [5, 5.41) is 8.34. The van der Waals surface area contributed by atoms with Gasteiger partial charge in [0.25, 0.3) is 0 Å². The Bertz CT molecular complexity index is 800. The summed E-state index contributed by atoms with van der Waals surface area (Å²) in [5.41, 5.74) is 1.71. The van der Waals surface area contributed by atoms with Gasteiger partial charge in [-0.05, 0) is 25.3 Å². The highest BCUT2D eigenvalue weighted by Gasteiger charge is 2.09. The van der Waals surface area contributed by atoms with Gasteiger partial charge in [0.05, 0.1) is 29.4 Å². The van der Waals surface area contributed by atoms with Gasteiger partial charge in [-0.2, -0.15) is 0 Å². The molecule has 0 bridgehead atoms. The molecule has 126 valence electrons. The summed E-state index contributed by atoms with van der Waals surface area (Å²) in [5.74, 6) is 2.74. The van der Waals surface area contributed by atoms with Crippen LogP contribution in [0.1, 0.15) is 23.0 Å². The summed E-state index contributed by atoms with van der Waals surface area (Å²) < 4.78 is 11.0. The Hall–Kier alpha value is -2.61. The average molecular weight is 345 g/mol. The number of nitrogens with zero attached hydrogens (tertiary/aromatic N) is 3. The third-order valence-electron chi connectivity index (χ3n) is 3.42. The van der Waals surface area contributed by atoms with E-state index in [2.05, 4.69) is 25.6 Å². The summed E-state index contributed by atoms with van der Waals surface area (Å²) in [6, 6.07) is 3.95. The van der Waals surface area contributed by atoms with Crippen molar-refractivity contribution in [3.63, 3.8) is 0 Å². The molecular formula is C16H19N5O2S. The number of aromatic nitrogens is 2. The zero-order valence-corrected chi connectivity index (χ0v) is 14.6. The third-order valence-corrected chi connectivity index (χ3v) is 4.28. The first-order chi connectivity index (χ1) is 11.7. The zero-order valence-electron chi connectivity index (χ0n) is 13.8. The quantitative estimate of drug-likeness (QED) is 0.546. The molecule has 0 atom stereocenters. The second-order valence-corrected chi connectivity index (χ2v) is 6.10. The third kappa shape index (κ3) is 3.83. The van der Waals surface area contributed by atoms with Crippen LogP contribution in [-0.2, 0) is 13.1 Å². The Morgan fingerprint density at radius 2 is 2.08 bits per heavy atom. The maximum Gasteiger partial charge on any atom is 0.236 e. The van der Waals surface area contributed by atoms with Crippen molar-refractivity contribution in [2.45, 2.75) is 26.9 Å². The van der Waals surface area contributed by atoms with Crippen LogP contribution in [-0.4, -0.2) is 23.0 Å². The van der Waals surface area contributed by atoms with Gasteiger partial charge in [-0.15, -0.1) is 11.3 Å². The Labute approximate surface area is 143 Å². The van der Waals surface area contributed by atoms with Crippen LogP contribution in [0.5, 0.6) is 0 Å². The molecule has 0 saturated carbocycles. The monoisotopic (exact) mass is 345 g/mol. The van der Waals surface area contributed by atoms with E-state index in [1.54, 1.807) is 24.6 Å². The second-order valence-electron chi connectivity index (χ2n) is 5.15. The fourth-order valence-corrected chi connectivity index (χ4v) is 2.73. The molecule has 0 aliphatic carbocycles. The van der Waals surface area contributed by atoms with Crippen LogP contribution in [0.15, 0.2) is 37.6 Å². The van der Waals surface area contributed by atoms with E-state index in [4.69, 9.17) is 8.83 Å². The number of hydrogen-bond acceptors (Lipinski definition) is 6. The number of nitrogens with one attached hydrogen (secondary N) is 2. The number of rotatable bonds is 5. The molecule has 0 aliphatic heterocycles. The van der Waals surface area contributed by atoms with E-state index >= 15 is 0 Å². The van der Waals surface area contributed by atoms with Crippen molar-refractivity contribution in [3.8, 4) is 10.8 Å². The fraction of sp³-hybridized carbons (Fsp3) is 0.312. The molecule has 0 saturated heterocycles. The molecule has 0 spiro atoms. The van der Waals surface area contributed by atoms with Gasteiger partial charge in [-0.3, -0.25) is 4.99 Å². The molecular weight excluding hydrogens is 326 g/mol. The lowest BCUT2D eigenvalue weighted by Crippen LogP contribution is -2.36. The molecule has 3 rings (SSSR count). The van der Waals surface area contributed by atoms with E-state index in [1.807, 2.05) is 31.4 Å². The van der Waals surface area contributed by atoms with Crippen LogP contribution >= 0.6 is 11.3 Å². The van der Waals surface area contributed by atoms with Crippen LogP contribution < -0.4 is 10.6 Å². The molecule has 0 amide bonds. The Morgan fingerprint density at radius 3 is 2.75 bits per heavy atom. The molecule has 0 aromatic carbocycles. The minimum absolute atomic E-state index is 0.466. The van der Waals surface area contributed by atoms with Gasteiger partial charge >= 0.3 is 0 Å². The summed E-state index contributed by atoms with van der Waals surface area (Å²) in [6.07, 6.45) is 1.65. The van der Waals surface area contributed by atoms with Gasteiger partial charge in [-0.1, -0.05) is 6.07 Å². The first-order valence-corrected chi connectivity index (χ1v) is 8.39. The average Bonchev–Trinajstić information content (AvgIpc) is 3.30. The topological polar surface area (TPSA) is 88.5 Å². The van der Waals surface area contributed by atoms with Crippen molar-refractivity contribution in [1.82, 2.24) is 20.6 Å². The molecule has 3 heterocycles. The van der Waals surface area contributed by atoms with Crippen molar-refractivity contribution < 1.29 is 8.83 Å². The highest BCUT2D eigenvalue weighted by molar-refractivity contribution is 7.13. The van der Waals surface area contributed by atoms with E-state index in [0.29, 0.717) is 30.8 Å². The van der Waals surface area contributed by atoms with Crippen molar-refractivity contribution >= 4 is 17.3 Å². The lowest BCUT2D eigenvalue weighted by molar-refractivity contribution is 0.463. The Balaban J connectivity index is 1.52. The maximum atomic E-state index is 5.53. The molecule has 24 heavy (non-hydrogen) atoms. The first-order valence-electron chi connectivity index (χ1n) is 7.51. The van der Waals surface area contributed by atoms with E-state index in [0.717, 1.165) is 22.0 Å². The largest absolute Gasteiger partial charge is 0.444 e. The number of aryl methyl sites for hydroxylation is 2. The first kappa shape index (κ1) is 16.3. The molecule has 3 aromatic rings. The Kier molecular flexibility index (Phi) is 4.95. The summed E-state index contributed by atoms with van der Waals surface area (Å²) in [6.45, 7) is 4.80. The Morgan fingerprint density at radius 1 is 1.25 bits per heavy atom. The highest BCUT2D eigenvalue weighted by atomic mass is 32.1. The van der Waals surface area contributed by atoms with E-state index in [9.17, 15) is 0 Å². The second kappa shape index (κ2) is 7.31. The smallest absolute Gasteiger partial charge is 0.236 e. The summed E-state index contributed by atoms with van der Waals surface area (Å²) in [4.78, 5) is 14.0. The number of hydrogen-bond donors (Lipinski definition) is 2. The lowest BCUT2D eigenvalue weighted by atomic mass is 10.4. The number of guanidine groups is 1. The van der Waals surface area contributed by atoms with Crippen molar-refractivity contribution in [3.05, 3.63) is 46.8 Å². The normalized spacial score (nSPS) is 11.7. The summed E-state index contributed by atoms with van der Waals surface area (Å²) in [7, 11) is 1.71. The van der Waals surface area contributed by atoms with Crippen LogP contribution in [0.25, 0.3) is 10.8 Å². The molecule has 7 nitrogen and oxygen atoms in total. The van der Waals surface area contributed by atoms with Gasteiger partial charge in [0, 0.05) is 7.05 Å². The van der Waals surface area contributed by atoms with Crippen molar-refractivity contribution in [1.29, 1.82) is 0 Å². The minimum Gasteiger partial charge on any atom is -0.444 e. The zero-order chi connectivity index (χ0) is 16.9. The predicted molar refractivity (Wildman–Crippen MR) is 92.8 cm³/mol. The van der Waals surface area contributed by atoms with Crippen molar-refractivity contribution in [2.75, 3.05) is 7.05 Å². The number of thiophene rings is 1. The standard InChI is InChI=1S/C16H19N5O2S/c1-10-11(2)23-14(20-10)8-19-16(17-3)18-7-12-9-22-15(21-12)13-5-4-6-24-13/h4-6,9H,7-8H2,1-3H3,(H2,17,18,19). The SMILES string of the molecule is CN=C(NCc1coc(-c2cccs2)n1)NCc1nc(C)c(C)o1. The lowest BCUT2D eigenvalue weighted by Gasteiger charge is -2.08. The summed E-state index contributed by atoms with van der Waals surface area (Å²) >= 11 is 1.60. The minimum atomic E-state index is 0.466. The van der Waals surface area contributed by atoms with Crippen molar-refractivity contribution in [2.24, 2.45) is 4.99 Å². The maximum absolute atomic E-state index is 5.53. The van der Waals surface area contributed by atoms with Crippen LogP contribution in [0.3, 0.4) is 0 Å². The van der Waals surface area contributed by atoms with Gasteiger partial charge in [0.15, 0.2) is 5.96 Å². The van der Waals surface area contributed by atoms with Gasteiger partial charge in [0.2, 0.25) is 11.8 Å². The molecule has 3 aromatic heterocycles. The van der Waals surface area contributed by atoms with Crippen LogP contribution in [0.4, 0.5) is 0 Å². The fourth-order valence-electron chi connectivity index (χ4n) is 2.07. The molecule has 8 heteroatoms. The molecule has 0 fully saturated rings. The van der Waals surface area contributed by atoms with E-state index in [-0.39, 0.29) is 0 Å². The predicted octanol–water partition coefficient (Wildman–Crippen LogP) is 2.87. The number of aliphatic imine (C=N–C) groups is 1. The van der Waals surface area contributed by atoms with Crippen LogP contribution in [0, 0.1) is 13.8 Å². The van der Waals surface area contributed by atoms with Gasteiger partial charge in [0.1, 0.15) is 12.0 Å². The van der Waals surface area contributed by atoms with Crippen LogP contribution in [0.2, 0.25) is 0 Å². The molecule has 2 N–H and O–H groups in total. The van der Waals surface area contributed by atoms with E-state index < -0.39 is 0 Å². The molecule has 0 radical (unpaired) electrons. The molecule has 0 aliphatic rings. The number of oxazole rings is 2. The molecule has 0 unspecified atom stereocenters. The highest BCUT2D eigenvalue weighted by Crippen LogP contribution is 2.23. The van der Waals surface area contributed by atoms with Gasteiger partial charge in [-0.25, -0.2) is 9.97 Å². The van der Waals surface area contributed by atoms with Gasteiger partial charge < -0.3 is 19.5 Å². The van der Waals surface area contributed by atoms with E-state index in [1.165, 1.54) is 0 Å².